The summed E-state index contributed by atoms with van der Waals surface area (Å²) in [4.78, 5) is 12.2. The van der Waals surface area contributed by atoms with Crippen molar-refractivity contribution in [1.82, 2.24) is 0 Å². The first-order valence-electron chi connectivity index (χ1n) is 9.21. The first kappa shape index (κ1) is 22.9. The van der Waals surface area contributed by atoms with Gasteiger partial charge in [-0.15, -0.1) is 0 Å². The lowest BCUT2D eigenvalue weighted by Gasteiger charge is -2.11. The van der Waals surface area contributed by atoms with Crippen LogP contribution in [0.5, 0.6) is 5.75 Å². The van der Waals surface area contributed by atoms with Crippen LogP contribution in [0, 0.1) is 13.8 Å². The molecule has 9 heteroatoms. The Morgan fingerprint density at radius 1 is 0.871 bits per heavy atom. The summed E-state index contributed by atoms with van der Waals surface area (Å²) in [6, 6.07) is 15.9. The van der Waals surface area contributed by atoms with E-state index in [0.29, 0.717) is 21.5 Å². The summed E-state index contributed by atoms with van der Waals surface area (Å²) in [5, 5.41) is 3.29. The highest BCUT2D eigenvalue weighted by atomic mass is 35.5. The second-order valence-electron chi connectivity index (χ2n) is 6.95. The quantitative estimate of drug-likeness (QED) is 0.474. The average Bonchev–Trinajstić information content (AvgIpc) is 2.65. The maximum Gasteiger partial charge on any atom is 0.262 e. The van der Waals surface area contributed by atoms with E-state index in [2.05, 4.69) is 10.0 Å². The molecule has 0 aliphatic heterocycles. The summed E-state index contributed by atoms with van der Waals surface area (Å²) in [5.41, 5.74) is 2.78. The Balaban J connectivity index is 1.61. The van der Waals surface area contributed by atoms with Crippen molar-refractivity contribution < 1.29 is 17.9 Å². The molecule has 2 N–H and O–H groups in total. The van der Waals surface area contributed by atoms with Crippen LogP contribution < -0.4 is 14.8 Å². The Bertz CT molecular complexity index is 1170. The lowest BCUT2D eigenvalue weighted by Crippen LogP contribution is -2.20. The van der Waals surface area contributed by atoms with Crippen LogP contribution in [0.15, 0.2) is 65.6 Å². The molecule has 31 heavy (non-hydrogen) atoms. The van der Waals surface area contributed by atoms with Crippen LogP contribution in [-0.2, 0) is 14.8 Å². The number of rotatable bonds is 7. The van der Waals surface area contributed by atoms with E-state index in [1.807, 2.05) is 32.0 Å². The number of sulfonamides is 1. The SMILES string of the molecule is Cc1cc(C)cc(OCC(=O)Nc2ccc(S(=O)(=O)Nc3cc(Cl)cc(Cl)c3)cc2)c1. The van der Waals surface area contributed by atoms with Crippen molar-refractivity contribution in [2.24, 2.45) is 0 Å². The van der Waals surface area contributed by atoms with Crippen molar-refractivity contribution in [2.75, 3.05) is 16.6 Å². The number of ether oxygens (including phenoxy) is 1. The van der Waals surface area contributed by atoms with Crippen molar-refractivity contribution in [1.29, 1.82) is 0 Å². The number of carbonyl (C=O) groups is 1. The number of anilines is 2. The number of halogens is 2. The molecule has 3 rings (SSSR count). The lowest BCUT2D eigenvalue weighted by molar-refractivity contribution is -0.118. The van der Waals surface area contributed by atoms with Crippen LogP contribution in [0.1, 0.15) is 11.1 Å². The van der Waals surface area contributed by atoms with Gasteiger partial charge in [0.1, 0.15) is 5.75 Å². The molecule has 0 fully saturated rings. The number of aryl methyl sites for hydroxylation is 2. The zero-order chi connectivity index (χ0) is 22.6. The van der Waals surface area contributed by atoms with Gasteiger partial charge in [0.2, 0.25) is 0 Å². The zero-order valence-corrected chi connectivity index (χ0v) is 19.1. The van der Waals surface area contributed by atoms with Crippen molar-refractivity contribution in [3.63, 3.8) is 0 Å². The Hall–Kier alpha value is -2.74. The zero-order valence-electron chi connectivity index (χ0n) is 16.8. The van der Waals surface area contributed by atoms with Crippen molar-refractivity contribution in [3.8, 4) is 5.75 Å². The Morgan fingerprint density at radius 3 is 2.03 bits per heavy atom. The fourth-order valence-electron chi connectivity index (χ4n) is 2.91. The summed E-state index contributed by atoms with van der Waals surface area (Å²) >= 11 is 11.8. The van der Waals surface area contributed by atoms with E-state index in [-0.39, 0.29) is 23.1 Å². The van der Waals surface area contributed by atoms with Crippen LogP contribution in [0.25, 0.3) is 0 Å². The molecule has 1 amide bonds. The fourth-order valence-corrected chi connectivity index (χ4v) is 4.47. The predicted octanol–water partition coefficient (Wildman–Crippen LogP) is 5.43. The minimum Gasteiger partial charge on any atom is -0.484 e. The van der Waals surface area contributed by atoms with E-state index in [4.69, 9.17) is 27.9 Å². The molecule has 0 atom stereocenters. The third kappa shape index (κ3) is 6.62. The highest BCUT2D eigenvalue weighted by molar-refractivity contribution is 7.92. The molecule has 3 aromatic rings. The number of nitrogens with one attached hydrogen (secondary N) is 2. The smallest absolute Gasteiger partial charge is 0.262 e. The number of hydrogen-bond acceptors (Lipinski definition) is 4. The summed E-state index contributed by atoms with van der Waals surface area (Å²) in [6.45, 7) is 3.73. The Kier molecular flexibility index (Phi) is 7.10. The van der Waals surface area contributed by atoms with Gasteiger partial charge in [0.05, 0.1) is 10.6 Å². The molecule has 0 unspecified atom stereocenters. The van der Waals surface area contributed by atoms with Gasteiger partial charge in [-0.05, 0) is 79.6 Å². The molecule has 3 aromatic carbocycles. The first-order valence-corrected chi connectivity index (χ1v) is 11.4. The number of carbonyl (C=O) groups excluding carboxylic acids is 1. The normalized spacial score (nSPS) is 11.1. The Morgan fingerprint density at radius 2 is 1.45 bits per heavy atom. The molecule has 0 saturated carbocycles. The molecule has 0 heterocycles. The molecule has 0 radical (unpaired) electrons. The highest BCUT2D eigenvalue weighted by Crippen LogP contribution is 2.25. The number of benzene rings is 3. The molecule has 0 bridgehead atoms. The topological polar surface area (TPSA) is 84.5 Å². The fraction of sp³-hybridized carbons (Fsp3) is 0.136. The van der Waals surface area contributed by atoms with Crippen molar-refractivity contribution in [2.45, 2.75) is 18.7 Å². The molecule has 6 nitrogen and oxygen atoms in total. The molecule has 0 aromatic heterocycles. The summed E-state index contributed by atoms with van der Waals surface area (Å²) in [5.74, 6) is 0.253. The second-order valence-corrected chi connectivity index (χ2v) is 9.50. The van der Waals surface area contributed by atoms with E-state index in [9.17, 15) is 13.2 Å². The van der Waals surface area contributed by atoms with Gasteiger partial charge in [0, 0.05) is 15.7 Å². The highest BCUT2D eigenvalue weighted by Gasteiger charge is 2.15. The predicted molar refractivity (Wildman–Crippen MR) is 124 cm³/mol. The molecule has 162 valence electrons. The molecule has 0 aliphatic carbocycles. The van der Waals surface area contributed by atoms with Gasteiger partial charge in [-0.1, -0.05) is 29.3 Å². The summed E-state index contributed by atoms with van der Waals surface area (Å²) in [6.07, 6.45) is 0. The van der Waals surface area contributed by atoms with E-state index < -0.39 is 10.0 Å². The van der Waals surface area contributed by atoms with Crippen LogP contribution >= 0.6 is 23.2 Å². The molecule has 0 saturated heterocycles. The van der Waals surface area contributed by atoms with Gasteiger partial charge < -0.3 is 10.1 Å². The van der Waals surface area contributed by atoms with Crippen molar-refractivity contribution in [3.05, 3.63) is 81.8 Å². The molecular weight excluding hydrogens is 459 g/mol. The summed E-state index contributed by atoms with van der Waals surface area (Å²) in [7, 11) is -3.85. The van der Waals surface area contributed by atoms with Crippen LogP contribution in [0.3, 0.4) is 0 Å². The minimum absolute atomic E-state index is 0.0214. The van der Waals surface area contributed by atoms with Gasteiger partial charge in [0.15, 0.2) is 6.61 Å². The summed E-state index contributed by atoms with van der Waals surface area (Å²) < 4.78 is 33.1. The number of amides is 1. The third-order valence-corrected chi connectivity index (χ3v) is 5.96. The maximum absolute atomic E-state index is 12.6. The van der Waals surface area contributed by atoms with E-state index in [1.165, 1.54) is 42.5 Å². The standard InChI is InChI=1S/C22H20Cl2N2O4S/c1-14-7-15(2)9-20(8-14)30-13-22(27)25-18-3-5-21(6-4-18)31(28,29)26-19-11-16(23)10-17(24)12-19/h3-12,26H,13H2,1-2H3,(H,25,27). The van der Waals surface area contributed by atoms with Gasteiger partial charge in [-0.25, -0.2) is 8.42 Å². The molecule has 0 spiro atoms. The third-order valence-electron chi connectivity index (χ3n) is 4.13. The average molecular weight is 479 g/mol. The largest absolute Gasteiger partial charge is 0.484 e. The number of hydrogen-bond donors (Lipinski definition) is 2. The monoisotopic (exact) mass is 478 g/mol. The van der Waals surface area contributed by atoms with Gasteiger partial charge in [0.25, 0.3) is 15.9 Å². The van der Waals surface area contributed by atoms with E-state index in [0.717, 1.165) is 11.1 Å². The van der Waals surface area contributed by atoms with Crippen LogP contribution in [-0.4, -0.2) is 20.9 Å². The van der Waals surface area contributed by atoms with E-state index in [1.54, 1.807) is 0 Å². The van der Waals surface area contributed by atoms with Gasteiger partial charge in [-0.3, -0.25) is 9.52 Å². The van der Waals surface area contributed by atoms with Crippen LogP contribution in [0.4, 0.5) is 11.4 Å². The molecular formula is C22H20Cl2N2O4S. The maximum atomic E-state index is 12.6. The van der Waals surface area contributed by atoms with Gasteiger partial charge in [-0.2, -0.15) is 0 Å². The second kappa shape index (κ2) is 9.60. The minimum atomic E-state index is -3.85. The van der Waals surface area contributed by atoms with Crippen LogP contribution in [0.2, 0.25) is 10.0 Å². The van der Waals surface area contributed by atoms with E-state index >= 15 is 0 Å². The first-order chi connectivity index (χ1) is 14.6. The van der Waals surface area contributed by atoms with Crippen molar-refractivity contribution >= 4 is 50.5 Å². The molecule has 0 aliphatic rings. The van der Waals surface area contributed by atoms with Gasteiger partial charge >= 0.3 is 0 Å². The Labute approximate surface area is 191 Å². The lowest BCUT2D eigenvalue weighted by atomic mass is 10.1.